The minimum Gasteiger partial charge on any atom is -0.389 e. The van der Waals surface area contributed by atoms with Gasteiger partial charge >= 0.3 is 0 Å². The molecule has 3 nitrogen and oxygen atoms in total. The SMILES string of the molecule is CCCCCCCCOCC(O)CNC1CC2CCC1C2. The predicted molar refractivity (Wildman–Crippen MR) is 87.4 cm³/mol. The van der Waals surface area contributed by atoms with Crippen molar-refractivity contribution < 1.29 is 9.84 Å². The predicted octanol–water partition coefficient (Wildman–Crippen LogP) is 3.50. The summed E-state index contributed by atoms with van der Waals surface area (Å²) >= 11 is 0. The first-order valence-electron chi connectivity index (χ1n) is 9.28. The Balaban J connectivity index is 1.39. The van der Waals surface area contributed by atoms with Gasteiger partial charge in [-0.1, -0.05) is 45.4 Å². The van der Waals surface area contributed by atoms with Crippen LogP contribution in [0.5, 0.6) is 0 Å². The summed E-state index contributed by atoms with van der Waals surface area (Å²) in [5, 5.41) is 13.5. The van der Waals surface area contributed by atoms with E-state index in [2.05, 4.69) is 12.2 Å². The summed E-state index contributed by atoms with van der Waals surface area (Å²) in [5.41, 5.74) is 0. The van der Waals surface area contributed by atoms with Gasteiger partial charge in [0, 0.05) is 19.2 Å². The Morgan fingerprint density at radius 3 is 2.62 bits per heavy atom. The van der Waals surface area contributed by atoms with E-state index in [1.165, 1.54) is 57.8 Å². The summed E-state index contributed by atoms with van der Waals surface area (Å²) < 4.78 is 5.59. The minimum absolute atomic E-state index is 0.343. The zero-order valence-electron chi connectivity index (χ0n) is 13.9. The van der Waals surface area contributed by atoms with Crippen LogP contribution in [0.3, 0.4) is 0 Å². The summed E-state index contributed by atoms with van der Waals surface area (Å²) in [5.74, 6) is 1.85. The fourth-order valence-electron chi connectivity index (χ4n) is 4.04. The molecule has 4 atom stereocenters. The quantitative estimate of drug-likeness (QED) is 0.542. The van der Waals surface area contributed by atoms with Crippen LogP contribution in [0.1, 0.15) is 71.1 Å². The van der Waals surface area contributed by atoms with Crippen LogP contribution < -0.4 is 5.32 Å². The van der Waals surface area contributed by atoms with Gasteiger partial charge in [0.2, 0.25) is 0 Å². The van der Waals surface area contributed by atoms with E-state index in [4.69, 9.17) is 4.74 Å². The lowest BCUT2D eigenvalue weighted by atomic mass is 9.95. The highest BCUT2D eigenvalue weighted by Gasteiger charge is 2.39. The summed E-state index contributed by atoms with van der Waals surface area (Å²) in [7, 11) is 0. The van der Waals surface area contributed by atoms with E-state index in [1.807, 2.05) is 0 Å². The largest absolute Gasteiger partial charge is 0.389 e. The molecule has 2 saturated carbocycles. The average Bonchev–Trinajstić information content (AvgIpc) is 3.10. The normalized spacial score (nSPS) is 29.1. The molecule has 4 unspecified atom stereocenters. The molecule has 0 saturated heterocycles. The van der Waals surface area contributed by atoms with Gasteiger partial charge in [0.25, 0.3) is 0 Å². The van der Waals surface area contributed by atoms with Crippen LogP contribution in [0.25, 0.3) is 0 Å². The van der Waals surface area contributed by atoms with Crippen LogP contribution in [-0.2, 0) is 4.74 Å². The van der Waals surface area contributed by atoms with E-state index in [0.717, 1.165) is 24.9 Å². The number of hydrogen-bond acceptors (Lipinski definition) is 3. The van der Waals surface area contributed by atoms with E-state index in [0.29, 0.717) is 19.2 Å². The molecule has 0 aliphatic heterocycles. The second-order valence-corrected chi connectivity index (χ2v) is 7.19. The highest BCUT2D eigenvalue weighted by Crippen LogP contribution is 2.44. The molecule has 2 bridgehead atoms. The van der Waals surface area contributed by atoms with Crippen molar-refractivity contribution in [2.75, 3.05) is 19.8 Å². The van der Waals surface area contributed by atoms with Crippen molar-refractivity contribution in [2.24, 2.45) is 11.8 Å². The number of unbranched alkanes of at least 4 members (excludes halogenated alkanes) is 5. The van der Waals surface area contributed by atoms with Gasteiger partial charge in [0.1, 0.15) is 0 Å². The molecule has 2 fully saturated rings. The Bertz CT molecular complexity index is 272. The van der Waals surface area contributed by atoms with Gasteiger partial charge in [-0.2, -0.15) is 0 Å². The Morgan fingerprint density at radius 2 is 1.90 bits per heavy atom. The zero-order chi connectivity index (χ0) is 14.9. The van der Waals surface area contributed by atoms with Gasteiger partial charge in [-0.25, -0.2) is 0 Å². The van der Waals surface area contributed by atoms with Crippen LogP contribution in [0.4, 0.5) is 0 Å². The fourth-order valence-corrected chi connectivity index (χ4v) is 4.04. The molecule has 0 spiro atoms. The molecular formula is C18H35NO2. The van der Waals surface area contributed by atoms with Crippen molar-refractivity contribution in [1.29, 1.82) is 0 Å². The Kier molecular flexibility index (Phi) is 8.05. The van der Waals surface area contributed by atoms with Crippen LogP contribution in [0.15, 0.2) is 0 Å². The van der Waals surface area contributed by atoms with Crippen molar-refractivity contribution in [3.8, 4) is 0 Å². The maximum atomic E-state index is 9.96. The number of nitrogens with one attached hydrogen (secondary N) is 1. The van der Waals surface area contributed by atoms with Gasteiger partial charge in [-0.15, -0.1) is 0 Å². The molecule has 0 heterocycles. The second kappa shape index (κ2) is 9.81. The van der Waals surface area contributed by atoms with E-state index in [9.17, 15) is 5.11 Å². The average molecular weight is 297 g/mol. The number of aliphatic hydroxyl groups is 1. The summed E-state index contributed by atoms with van der Waals surface area (Å²) in [6, 6.07) is 0.664. The van der Waals surface area contributed by atoms with Crippen LogP contribution >= 0.6 is 0 Å². The molecule has 2 N–H and O–H groups in total. The summed E-state index contributed by atoms with van der Waals surface area (Å²) in [6.45, 7) is 4.24. The van der Waals surface area contributed by atoms with Crippen molar-refractivity contribution >= 4 is 0 Å². The first-order chi connectivity index (χ1) is 10.3. The third-order valence-electron chi connectivity index (χ3n) is 5.31. The first-order valence-corrected chi connectivity index (χ1v) is 9.28. The number of hydrogen-bond donors (Lipinski definition) is 2. The monoisotopic (exact) mass is 297 g/mol. The third-order valence-corrected chi connectivity index (χ3v) is 5.31. The van der Waals surface area contributed by atoms with Crippen molar-refractivity contribution in [1.82, 2.24) is 5.32 Å². The smallest absolute Gasteiger partial charge is 0.0897 e. The second-order valence-electron chi connectivity index (χ2n) is 7.19. The topological polar surface area (TPSA) is 41.5 Å². The maximum absolute atomic E-state index is 9.96. The molecule has 2 aliphatic carbocycles. The lowest BCUT2D eigenvalue weighted by Crippen LogP contribution is -2.40. The maximum Gasteiger partial charge on any atom is 0.0897 e. The fraction of sp³-hybridized carbons (Fsp3) is 1.00. The van der Waals surface area contributed by atoms with Crippen molar-refractivity contribution in [2.45, 2.75) is 83.3 Å². The zero-order valence-corrected chi connectivity index (χ0v) is 13.9. The lowest BCUT2D eigenvalue weighted by Gasteiger charge is -2.24. The highest BCUT2D eigenvalue weighted by atomic mass is 16.5. The number of aliphatic hydroxyl groups excluding tert-OH is 1. The molecule has 124 valence electrons. The van der Waals surface area contributed by atoms with Crippen LogP contribution in [0.2, 0.25) is 0 Å². The third kappa shape index (κ3) is 6.25. The summed E-state index contributed by atoms with van der Waals surface area (Å²) in [6.07, 6.45) is 13.0. The number of rotatable bonds is 12. The highest BCUT2D eigenvalue weighted by molar-refractivity contribution is 4.94. The molecule has 0 aromatic heterocycles. The van der Waals surface area contributed by atoms with E-state index in [-0.39, 0.29) is 6.10 Å². The molecule has 0 amide bonds. The van der Waals surface area contributed by atoms with Gasteiger partial charge in [-0.3, -0.25) is 0 Å². The standard InChI is InChI=1S/C18H35NO2/c1-2-3-4-5-6-7-10-21-14-17(20)13-19-18-12-15-8-9-16(18)11-15/h15-20H,2-14H2,1H3. The van der Waals surface area contributed by atoms with Crippen LogP contribution in [-0.4, -0.2) is 37.0 Å². The molecular weight excluding hydrogens is 262 g/mol. The Hall–Kier alpha value is -0.120. The van der Waals surface area contributed by atoms with Gasteiger partial charge in [-0.05, 0) is 37.5 Å². The van der Waals surface area contributed by atoms with E-state index >= 15 is 0 Å². The minimum atomic E-state index is -0.343. The van der Waals surface area contributed by atoms with Gasteiger partial charge in [0.15, 0.2) is 0 Å². The van der Waals surface area contributed by atoms with E-state index in [1.54, 1.807) is 0 Å². The van der Waals surface area contributed by atoms with Crippen molar-refractivity contribution in [3.63, 3.8) is 0 Å². The van der Waals surface area contributed by atoms with E-state index < -0.39 is 0 Å². The molecule has 2 aliphatic rings. The molecule has 3 heteroatoms. The number of ether oxygens (including phenoxy) is 1. The van der Waals surface area contributed by atoms with Gasteiger partial charge < -0.3 is 15.2 Å². The number of fused-ring (bicyclic) bond motifs is 2. The molecule has 0 aromatic rings. The Labute approximate surface area is 130 Å². The lowest BCUT2D eigenvalue weighted by molar-refractivity contribution is 0.0331. The van der Waals surface area contributed by atoms with Crippen molar-refractivity contribution in [3.05, 3.63) is 0 Å². The molecule has 21 heavy (non-hydrogen) atoms. The van der Waals surface area contributed by atoms with Crippen LogP contribution in [0, 0.1) is 11.8 Å². The summed E-state index contributed by atoms with van der Waals surface area (Å²) in [4.78, 5) is 0. The molecule has 0 aromatic carbocycles. The van der Waals surface area contributed by atoms with Gasteiger partial charge in [0.05, 0.1) is 12.7 Å². The Morgan fingerprint density at radius 1 is 1.10 bits per heavy atom. The molecule has 2 rings (SSSR count). The molecule has 0 radical (unpaired) electrons. The first kappa shape index (κ1) is 17.2.